The molecule has 276 valence electrons. The number of nitrogens with one attached hydrogen (secondary N) is 1. The largest absolute Gasteiger partial charge is 0.490 e. The Morgan fingerprint density at radius 3 is 2.77 bits per heavy atom. The lowest BCUT2D eigenvalue weighted by atomic mass is 9.68. The molecule has 3 aliphatic heterocycles. The number of ether oxygens (including phenoxy) is 2. The van der Waals surface area contributed by atoms with Crippen LogP contribution in [0.3, 0.4) is 0 Å². The summed E-state index contributed by atoms with van der Waals surface area (Å²) >= 11 is 0. The first kappa shape index (κ1) is 34.9. The molecule has 1 unspecified atom stereocenters. The van der Waals surface area contributed by atoms with E-state index < -0.39 is 21.9 Å². The molecule has 1 saturated heterocycles. The van der Waals surface area contributed by atoms with E-state index in [1.165, 1.54) is 16.7 Å². The van der Waals surface area contributed by atoms with E-state index in [-0.39, 0.29) is 29.2 Å². The molecule has 1 N–H and O–H groups in total. The summed E-state index contributed by atoms with van der Waals surface area (Å²) in [7, 11) is -1.70. The Kier molecular flexibility index (Phi) is 9.40. The lowest BCUT2D eigenvalue weighted by molar-refractivity contribution is 0.0131. The SMILES string of the molecule is CO[C@H]1/C=C/C[C@H](C)CS(=O)(NC(=O)N2CC(n3ccnc3)C2)=NC(=O)c2ccc3c(c2)N(C[C@@H]2CC[C@H]21)C[C@@]1(CCCc2cc(C)ccc21)CO3. The normalized spacial score (nSPS) is 31.2. The van der Waals surface area contributed by atoms with Crippen LogP contribution in [0.1, 0.15) is 72.1 Å². The number of imidazole rings is 1. The number of allylic oxidation sites excluding steroid dienone is 1. The number of hydrogen-bond donors (Lipinski definition) is 1. The molecule has 2 aliphatic carbocycles. The highest BCUT2D eigenvalue weighted by molar-refractivity contribution is 7.92. The second-order valence-corrected chi connectivity index (χ2v) is 17.8. The molecule has 4 heterocycles. The quantitative estimate of drug-likeness (QED) is 0.325. The molecule has 1 saturated carbocycles. The van der Waals surface area contributed by atoms with E-state index in [1.54, 1.807) is 30.6 Å². The molecule has 5 aliphatic rings. The van der Waals surface area contributed by atoms with Crippen LogP contribution in [0.5, 0.6) is 5.75 Å². The summed E-state index contributed by atoms with van der Waals surface area (Å²) < 4.78 is 36.3. The number of aromatic nitrogens is 2. The minimum atomic E-state index is -3.48. The summed E-state index contributed by atoms with van der Waals surface area (Å²) in [6, 6.07) is 11.9. The van der Waals surface area contributed by atoms with E-state index in [2.05, 4.69) is 56.2 Å². The lowest BCUT2D eigenvalue weighted by Gasteiger charge is -2.46. The van der Waals surface area contributed by atoms with Gasteiger partial charge in [0, 0.05) is 56.7 Å². The Balaban J connectivity index is 1.15. The van der Waals surface area contributed by atoms with Crippen molar-refractivity contribution >= 4 is 27.5 Å². The third kappa shape index (κ3) is 6.75. The van der Waals surface area contributed by atoms with E-state index in [0.717, 1.165) is 56.6 Å². The highest BCUT2D eigenvalue weighted by Gasteiger charge is 2.44. The zero-order valence-electron chi connectivity index (χ0n) is 30.4. The van der Waals surface area contributed by atoms with E-state index in [9.17, 15) is 13.8 Å². The minimum absolute atomic E-state index is 0.0367. The van der Waals surface area contributed by atoms with Crippen molar-refractivity contribution < 1.29 is 23.3 Å². The van der Waals surface area contributed by atoms with Gasteiger partial charge in [-0.15, -0.1) is 4.36 Å². The molecule has 12 heteroatoms. The first-order chi connectivity index (χ1) is 25.1. The van der Waals surface area contributed by atoms with Gasteiger partial charge < -0.3 is 23.8 Å². The maximum Gasteiger partial charge on any atom is 0.329 e. The highest BCUT2D eigenvalue weighted by atomic mass is 32.2. The number of benzene rings is 2. The standard InChI is InChI=1S/C40H50N6O5S/c1-27-9-13-34-29(18-27)7-5-15-40(34)24-46-20-31-10-12-33(31)36(50-3)8-4-6-28(2)23-52(49,42-38(47)30-11-14-37(51-25-40)35(46)19-30)43-39(48)45-21-32(22-45)44-17-16-41-26-44/h4,8-9,11,13-14,16-19,26,28,31-33,36H,5-7,10,12,15,20-25H2,1-3H3,(H,42,43,47,48,49)/b8-4+/t28-,31-,33+,36-,40-,52?/m0/s1. The monoisotopic (exact) mass is 726 g/mol. The lowest BCUT2D eigenvalue weighted by Crippen LogP contribution is -2.55. The number of rotatable bonds is 3. The molecule has 3 aromatic rings. The average molecular weight is 727 g/mol. The van der Waals surface area contributed by atoms with Crippen LogP contribution < -0.4 is 14.4 Å². The molecule has 3 amide bonds. The van der Waals surface area contributed by atoms with Gasteiger partial charge in [-0.3, -0.25) is 9.52 Å². The summed E-state index contributed by atoms with van der Waals surface area (Å²) in [6.07, 6.45) is 15.5. The van der Waals surface area contributed by atoms with Crippen molar-refractivity contribution in [3.8, 4) is 5.75 Å². The van der Waals surface area contributed by atoms with Gasteiger partial charge >= 0.3 is 6.03 Å². The van der Waals surface area contributed by atoms with Crippen LogP contribution in [0.4, 0.5) is 10.5 Å². The Bertz CT molecular complexity index is 1980. The van der Waals surface area contributed by atoms with Gasteiger partial charge in [0.25, 0.3) is 5.91 Å². The Morgan fingerprint density at radius 1 is 1.13 bits per heavy atom. The number of anilines is 1. The number of hydrogen-bond acceptors (Lipinski definition) is 7. The van der Waals surface area contributed by atoms with Crippen LogP contribution in [0.25, 0.3) is 0 Å². The summed E-state index contributed by atoms with van der Waals surface area (Å²) in [6.45, 7) is 7.17. The Morgan fingerprint density at radius 2 is 2.00 bits per heavy atom. The van der Waals surface area contributed by atoms with Gasteiger partial charge in [-0.25, -0.2) is 14.0 Å². The third-order valence-corrected chi connectivity index (χ3v) is 14.0. The van der Waals surface area contributed by atoms with Crippen molar-refractivity contribution in [3.05, 3.63) is 89.5 Å². The van der Waals surface area contributed by atoms with Crippen LogP contribution in [0, 0.1) is 24.7 Å². The van der Waals surface area contributed by atoms with Crippen molar-refractivity contribution in [1.29, 1.82) is 0 Å². The van der Waals surface area contributed by atoms with Gasteiger partial charge in [-0.1, -0.05) is 42.8 Å². The predicted molar refractivity (Wildman–Crippen MR) is 201 cm³/mol. The second kappa shape index (κ2) is 14.0. The topological polar surface area (TPSA) is 118 Å². The van der Waals surface area contributed by atoms with E-state index in [1.807, 2.05) is 29.8 Å². The first-order valence-electron chi connectivity index (χ1n) is 18.8. The number of urea groups is 1. The fourth-order valence-electron chi connectivity index (χ4n) is 9.02. The fraction of sp³-hybridized carbons (Fsp3) is 0.525. The molecular weight excluding hydrogens is 677 g/mol. The van der Waals surface area contributed by atoms with Gasteiger partial charge in [-0.05, 0) is 92.5 Å². The molecule has 2 bridgehead atoms. The number of methoxy groups -OCH3 is 1. The van der Waals surface area contributed by atoms with Crippen LogP contribution >= 0.6 is 0 Å². The molecule has 1 aromatic heterocycles. The van der Waals surface area contributed by atoms with Gasteiger partial charge in [0.05, 0.1) is 36.5 Å². The molecular formula is C40H50N6O5S. The Labute approximate surface area is 307 Å². The molecule has 11 nitrogen and oxygen atoms in total. The van der Waals surface area contributed by atoms with Gasteiger partial charge in [-0.2, -0.15) is 0 Å². The highest BCUT2D eigenvalue weighted by Crippen LogP contribution is 2.47. The smallest absolute Gasteiger partial charge is 0.329 e. The molecule has 52 heavy (non-hydrogen) atoms. The summed E-state index contributed by atoms with van der Waals surface area (Å²) in [5.74, 6) is 0.825. The molecule has 0 radical (unpaired) electrons. The number of aryl methyl sites for hydroxylation is 2. The van der Waals surface area contributed by atoms with Crippen molar-refractivity contribution in [3.63, 3.8) is 0 Å². The van der Waals surface area contributed by atoms with Crippen molar-refractivity contribution in [2.45, 2.75) is 69.9 Å². The van der Waals surface area contributed by atoms with Crippen molar-refractivity contribution in [2.24, 2.45) is 22.1 Å². The fourth-order valence-corrected chi connectivity index (χ4v) is 10.9. The summed E-state index contributed by atoms with van der Waals surface area (Å²) in [5.41, 5.74) is 5.02. The van der Waals surface area contributed by atoms with E-state index in [4.69, 9.17) is 9.47 Å². The van der Waals surface area contributed by atoms with E-state index in [0.29, 0.717) is 43.5 Å². The summed E-state index contributed by atoms with van der Waals surface area (Å²) in [5, 5.41) is 0. The van der Waals surface area contributed by atoms with Crippen LogP contribution in [-0.2, 0) is 26.5 Å². The molecule has 2 aromatic carbocycles. The first-order valence-corrected chi connectivity index (χ1v) is 20.4. The average Bonchev–Trinajstić information content (AvgIpc) is 3.56. The predicted octanol–water partition coefficient (Wildman–Crippen LogP) is 6.09. The van der Waals surface area contributed by atoms with Crippen LogP contribution in [0.15, 0.2) is 71.6 Å². The third-order valence-electron chi connectivity index (χ3n) is 12.1. The van der Waals surface area contributed by atoms with Crippen LogP contribution in [0.2, 0.25) is 0 Å². The molecule has 8 rings (SSSR count). The maximum atomic E-state index is 14.6. The number of likely N-dealkylation sites (tertiary alicyclic amines) is 1. The number of amides is 3. The summed E-state index contributed by atoms with van der Waals surface area (Å²) in [4.78, 5) is 35.6. The van der Waals surface area contributed by atoms with E-state index >= 15 is 0 Å². The van der Waals surface area contributed by atoms with Gasteiger partial charge in [0.2, 0.25) is 0 Å². The number of carbonyl (C=O) groups is 2. The Hall–Kier alpha value is -4.16. The number of carbonyl (C=O) groups excluding carboxylic acids is 2. The zero-order chi connectivity index (χ0) is 36.0. The molecule has 6 atom stereocenters. The molecule has 1 spiro atoms. The van der Waals surface area contributed by atoms with Crippen molar-refractivity contribution in [1.82, 2.24) is 19.2 Å². The number of fused-ring (bicyclic) bond motifs is 4. The number of nitrogens with zero attached hydrogens (tertiary/aromatic N) is 5. The van der Waals surface area contributed by atoms with Crippen molar-refractivity contribution in [2.75, 3.05) is 50.5 Å². The maximum absolute atomic E-state index is 14.6. The van der Waals surface area contributed by atoms with Crippen LogP contribution in [-0.4, -0.2) is 82.4 Å². The molecule has 2 fully saturated rings. The minimum Gasteiger partial charge on any atom is -0.490 e. The zero-order valence-corrected chi connectivity index (χ0v) is 31.2. The van der Waals surface area contributed by atoms with Gasteiger partial charge in [0.15, 0.2) is 0 Å². The second-order valence-electron chi connectivity index (χ2n) is 15.8. The van der Waals surface area contributed by atoms with Gasteiger partial charge in [0.1, 0.15) is 15.7 Å².